The number of rotatable bonds is 4. The van der Waals surface area contributed by atoms with Gasteiger partial charge in [-0.3, -0.25) is 0 Å². The Labute approximate surface area is 51.4 Å². The van der Waals surface area contributed by atoms with Crippen LogP contribution in [0, 0.1) is 7.11 Å². The smallest absolute Gasteiger partial charge is 0.0700 e. The molecule has 0 saturated carbocycles. The first kappa shape index (κ1) is 7.70. The lowest BCUT2D eigenvalue weighted by molar-refractivity contribution is 0.248. The van der Waals surface area contributed by atoms with Crippen molar-refractivity contribution in [2.45, 2.75) is 19.8 Å². The van der Waals surface area contributed by atoms with Crippen molar-refractivity contribution in [2.75, 3.05) is 6.61 Å². The Hall–Kier alpha value is -0.300. The van der Waals surface area contributed by atoms with Gasteiger partial charge in [0, 0.05) is 0 Å². The Morgan fingerprint density at radius 2 is 2.25 bits per heavy atom. The molecule has 0 heterocycles. The summed E-state index contributed by atoms with van der Waals surface area (Å²) in [6.45, 7) is 2.85. The Balaban J connectivity index is 2.80. The van der Waals surface area contributed by atoms with Crippen molar-refractivity contribution in [2.24, 2.45) is 0 Å². The van der Waals surface area contributed by atoms with Crippen LogP contribution in [-0.4, -0.2) is 6.61 Å². The fraction of sp³-hybridized carbons (Fsp3) is 0.571. The number of ether oxygens (including phenoxy) is 1. The van der Waals surface area contributed by atoms with Gasteiger partial charge in [0.25, 0.3) is 0 Å². The largest absolute Gasteiger partial charge is 0.379 e. The summed E-state index contributed by atoms with van der Waals surface area (Å²) < 4.78 is 4.59. The third-order valence-electron chi connectivity index (χ3n) is 0.831. The fourth-order valence-electron chi connectivity index (χ4n) is 0.436. The third kappa shape index (κ3) is 5.70. The number of hydrogen-bond acceptors (Lipinski definition) is 1. The van der Waals surface area contributed by atoms with Crippen molar-refractivity contribution in [3.05, 3.63) is 19.3 Å². The Bertz CT molecular complexity index is 57.4. The molecule has 0 spiro atoms. The van der Waals surface area contributed by atoms with Gasteiger partial charge in [-0.1, -0.05) is 19.1 Å². The van der Waals surface area contributed by atoms with E-state index >= 15 is 0 Å². The van der Waals surface area contributed by atoms with Crippen LogP contribution in [0.25, 0.3) is 0 Å². The highest BCUT2D eigenvalue weighted by Crippen LogP contribution is 1.85. The van der Waals surface area contributed by atoms with Crippen LogP contribution >= 0.6 is 0 Å². The van der Waals surface area contributed by atoms with Crippen molar-refractivity contribution < 1.29 is 4.74 Å². The molecule has 47 valence electrons. The van der Waals surface area contributed by atoms with Crippen LogP contribution in [0.4, 0.5) is 0 Å². The fourth-order valence-corrected chi connectivity index (χ4v) is 0.436. The Kier molecular flexibility index (Phi) is 6.45. The summed E-state index contributed by atoms with van der Waals surface area (Å²) in [4.78, 5) is 0. The van der Waals surface area contributed by atoms with Gasteiger partial charge in [-0.05, 0) is 12.8 Å². The molecule has 0 aliphatic heterocycles. The molecule has 0 aromatic rings. The van der Waals surface area contributed by atoms with Gasteiger partial charge in [0.15, 0.2) is 0 Å². The van der Waals surface area contributed by atoms with Crippen LogP contribution in [-0.2, 0) is 4.74 Å². The summed E-state index contributed by atoms with van der Waals surface area (Å²) in [7, 11) is 3.25. The topological polar surface area (TPSA) is 9.23 Å². The highest BCUT2D eigenvalue weighted by Gasteiger charge is 1.74. The van der Waals surface area contributed by atoms with E-state index < -0.39 is 0 Å². The summed E-state index contributed by atoms with van der Waals surface area (Å²) in [6.07, 6.45) is 6.32. The van der Waals surface area contributed by atoms with Gasteiger partial charge in [-0.2, -0.15) is 0 Å². The van der Waals surface area contributed by atoms with E-state index in [9.17, 15) is 0 Å². The van der Waals surface area contributed by atoms with Crippen molar-refractivity contribution in [1.82, 2.24) is 0 Å². The number of allylic oxidation sites excluding steroid dienone is 1. The lowest BCUT2D eigenvalue weighted by Crippen LogP contribution is -1.80. The first-order valence-corrected chi connectivity index (χ1v) is 2.93. The lowest BCUT2D eigenvalue weighted by atomic mass is 10.3. The molecule has 0 rings (SSSR count). The highest BCUT2D eigenvalue weighted by molar-refractivity contribution is 4.79. The van der Waals surface area contributed by atoms with Gasteiger partial charge in [-0.15, -0.1) is 0 Å². The molecule has 0 N–H and O–H groups in total. The van der Waals surface area contributed by atoms with Crippen molar-refractivity contribution in [1.29, 1.82) is 0 Å². The lowest BCUT2D eigenvalue weighted by Gasteiger charge is -1.88. The zero-order valence-corrected chi connectivity index (χ0v) is 5.39. The molecular weight excluding hydrogens is 100 g/mol. The van der Waals surface area contributed by atoms with Crippen LogP contribution in [0.5, 0.6) is 0 Å². The van der Waals surface area contributed by atoms with Crippen molar-refractivity contribution >= 4 is 0 Å². The van der Waals surface area contributed by atoms with E-state index in [1.165, 1.54) is 0 Å². The molecule has 0 fully saturated rings. The van der Waals surface area contributed by atoms with Gasteiger partial charge >= 0.3 is 0 Å². The summed E-state index contributed by atoms with van der Waals surface area (Å²) >= 11 is 0. The van der Waals surface area contributed by atoms with E-state index in [0.717, 1.165) is 19.4 Å². The minimum atomic E-state index is 0.733. The summed E-state index contributed by atoms with van der Waals surface area (Å²) in [5.41, 5.74) is 0. The van der Waals surface area contributed by atoms with Crippen molar-refractivity contribution in [3.8, 4) is 0 Å². The van der Waals surface area contributed by atoms with Gasteiger partial charge in [-0.25, -0.2) is 0 Å². The molecule has 0 unspecified atom stereocenters. The first-order chi connectivity index (χ1) is 3.91. The van der Waals surface area contributed by atoms with Gasteiger partial charge in [0.05, 0.1) is 13.7 Å². The van der Waals surface area contributed by atoms with Crippen LogP contribution in [0.2, 0.25) is 0 Å². The molecule has 0 bridgehead atoms. The summed E-state index contributed by atoms with van der Waals surface area (Å²) in [5.74, 6) is 0. The van der Waals surface area contributed by atoms with Crippen molar-refractivity contribution in [3.63, 3.8) is 0 Å². The molecule has 1 nitrogen and oxygen atoms in total. The molecule has 0 amide bonds. The molecule has 0 aromatic heterocycles. The standard InChI is InChI=1S/C7H13O/c1-3-4-5-6-7-8-2/h4-5H,2-3,6-7H2,1H3. The van der Waals surface area contributed by atoms with E-state index in [4.69, 9.17) is 0 Å². The Morgan fingerprint density at radius 3 is 2.75 bits per heavy atom. The van der Waals surface area contributed by atoms with Crippen LogP contribution in [0.1, 0.15) is 19.8 Å². The minimum absolute atomic E-state index is 0.733. The second kappa shape index (κ2) is 6.70. The molecule has 0 atom stereocenters. The monoisotopic (exact) mass is 113 g/mol. The van der Waals surface area contributed by atoms with E-state index in [1.54, 1.807) is 0 Å². The molecule has 0 aliphatic rings. The van der Waals surface area contributed by atoms with E-state index in [1.807, 2.05) is 0 Å². The predicted molar refractivity (Wildman–Crippen MR) is 35.4 cm³/mol. The van der Waals surface area contributed by atoms with Crippen LogP contribution in [0.3, 0.4) is 0 Å². The Morgan fingerprint density at radius 1 is 1.50 bits per heavy atom. The molecule has 1 heteroatoms. The zero-order valence-electron chi connectivity index (χ0n) is 5.39. The molecule has 0 aliphatic carbocycles. The second-order valence-corrected chi connectivity index (χ2v) is 1.58. The molecule has 0 aromatic carbocycles. The van der Waals surface area contributed by atoms with Gasteiger partial charge in [0.2, 0.25) is 0 Å². The van der Waals surface area contributed by atoms with Gasteiger partial charge < -0.3 is 4.74 Å². The van der Waals surface area contributed by atoms with Crippen LogP contribution < -0.4 is 0 Å². The normalized spacial score (nSPS) is 10.8. The van der Waals surface area contributed by atoms with E-state index in [0.29, 0.717) is 0 Å². The maximum atomic E-state index is 4.59. The quantitative estimate of drug-likeness (QED) is 0.401. The summed E-state index contributed by atoms with van der Waals surface area (Å²) in [5, 5.41) is 0. The molecule has 0 saturated heterocycles. The average Bonchev–Trinajstić information content (AvgIpc) is 1.81. The minimum Gasteiger partial charge on any atom is -0.379 e. The molecular formula is C7H13O. The number of hydrogen-bond donors (Lipinski definition) is 0. The maximum Gasteiger partial charge on any atom is 0.0700 e. The second-order valence-electron chi connectivity index (χ2n) is 1.58. The highest BCUT2D eigenvalue weighted by atomic mass is 16.5. The third-order valence-corrected chi connectivity index (χ3v) is 0.831. The predicted octanol–water partition coefficient (Wildman–Crippen LogP) is 2.15. The first-order valence-electron chi connectivity index (χ1n) is 2.93. The zero-order chi connectivity index (χ0) is 6.24. The van der Waals surface area contributed by atoms with Gasteiger partial charge in [0.1, 0.15) is 0 Å². The van der Waals surface area contributed by atoms with E-state index in [-0.39, 0.29) is 0 Å². The van der Waals surface area contributed by atoms with Crippen LogP contribution in [0.15, 0.2) is 12.2 Å². The average molecular weight is 113 g/mol. The maximum absolute atomic E-state index is 4.59. The van der Waals surface area contributed by atoms with E-state index in [2.05, 4.69) is 30.9 Å². The summed E-state index contributed by atoms with van der Waals surface area (Å²) in [6, 6.07) is 0. The molecule has 8 heavy (non-hydrogen) atoms. The SMILES string of the molecule is [CH2]OCCC=CCC. The molecule has 1 radical (unpaired) electrons.